The maximum Gasteiger partial charge on any atom is 0.309 e. The molecule has 1 saturated heterocycles. The lowest BCUT2D eigenvalue weighted by atomic mass is 9.96. The van der Waals surface area contributed by atoms with Crippen LogP contribution in [0.2, 0.25) is 0 Å². The fourth-order valence-electron chi connectivity index (χ4n) is 2.79. The molecular formula is C17H25ClN2O3. The van der Waals surface area contributed by atoms with E-state index < -0.39 is 6.04 Å². The van der Waals surface area contributed by atoms with Crippen LogP contribution in [0.4, 0.5) is 0 Å². The fourth-order valence-corrected chi connectivity index (χ4v) is 2.79. The van der Waals surface area contributed by atoms with Gasteiger partial charge >= 0.3 is 5.97 Å². The van der Waals surface area contributed by atoms with E-state index in [9.17, 15) is 9.59 Å². The van der Waals surface area contributed by atoms with Crippen LogP contribution in [0, 0.1) is 5.92 Å². The molecule has 1 atom stereocenters. The molecule has 1 amide bonds. The van der Waals surface area contributed by atoms with Gasteiger partial charge in [0, 0.05) is 13.1 Å². The van der Waals surface area contributed by atoms with E-state index in [0.29, 0.717) is 39.0 Å². The topological polar surface area (TPSA) is 72.6 Å². The van der Waals surface area contributed by atoms with Crippen molar-refractivity contribution in [1.82, 2.24) is 4.90 Å². The Kier molecular flexibility index (Phi) is 8.06. The molecule has 128 valence electrons. The molecule has 5 nitrogen and oxygen atoms in total. The molecular weight excluding hydrogens is 316 g/mol. The third-order valence-electron chi connectivity index (χ3n) is 4.04. The van der Waals surface area contributed by atoms with Crippen LogP contribution in [0.5, 0.6) is 0 Å². The molecule has 1 fully saturated rings. The summed E-state index contributed by atoms with van der Waals surface area (Å²) in [6.45, 7) is 3.36. The normalized spacial score (nSPS) is 16.3. The molecule has 6 heteroatoms. The van der Waals surface area contributed by atoms with Gasteiger partial charge in [0.2, 0.25) is 5.91 Å². The molecule has 0 radical (unpaired) electrons. The number of esters is 1. The summed E-state index contributed by atoms with van der Waals surface area (Å²) in [5.74, 6) is -0.274. The molecule has 2 N–H and O–H groups in total. The second-order valence-corrected chi connectivity index (χ2v) is 5.65. The summed E-state index contributed by atoms with van der Waals surface area (Å²) in [6, 6.07) is 9.24. The number of ether oxygens (including phenoxy) is 1. The number of carbonyl (C=O) groups excluding carboxylic acids is 2. The lowest BCUT2D eigenvalue weighted by Gasteiger charge is -2.32. The Morgan fingerprint density at radius 3 is 2.43 bits per heavy atom. The van der Waals surface area contributed by atoms with Crippen molar-refractivity contribution >= 4 is 24.3 Å². The van der Waals surface area contributed by atoms with Crippen molar-refractivity contribution in [2.75, 3.05) is 19.7 Å². The second-order valence-electron chi connectivity index (χ2n) is 5.65. The number of benzene rings is 1. The van der Waals surface area contributed by atoms with E-state index in [1.54, 1.807) is 11.8 Å². The predicted molar refractivity (Wildman–Crippen MR) is 91.3 cm³/mol. The van der Waals surface area contributed by atoms with Gasteiger partial charge in [-0.15, -0.1) is 12.4 Å². The van der Waals surface area contributed by atoms with Crippen LogP contribution >= 0.6 is 12.4 Å². The Labute approximate surface area is 143 Å². The van der Waals surface area contributed by atoms with Gasteiger partial charge in [0.25, 0.3) is 0 Å². The van der Waals surface area contributed by atoms with Crippen molar-refractivity contribution in [3.8, 4) is 0 Å². The number of hydrogen-bond acceptors (Lipinski definition) is 4. The number of amides is 1. The zero-order chi connectivity index (χ0) is 15.9. The molecule has 23 heavy (non-hydrogen) atoms. The number of nitrogens with zero attached hydrogens (tertiary/aromatic N) is 1. The van der Waals surface area contributed by atoms with Crippen LogP contribution in [0.25, 0.3) is 0 Å². The van der Waals surface area contributed by atoms with Crippen molar-refractivity contribution in [3.63, 3.8) is 0 Å². The predicted octanol–water partition coefficient (Wildman–Crippen LogP) is 1.78. The molecule has 0 bridgehead atoms. The van der Waals surface area contributed by atoms with Crippen molar-refractivity contribution < 1.29 is 14.3 Å². The van der Waals surface area contributed by atoms with E-state index in [2.05, 4.69) is 0 Å². The van der Waals surface area contributed by atoms with E-state index in [0.717, 1.165) is 5.56 Å². The van der Waals surface area contributed by atoms with Gasteiger partial charge in [0.05, 0.1) is 18.6 Å². The Morgan fingerprint density at radius 2 is 1.87 bits per heavy atom. The van der Waals surface area contributed by atoms with Gasteiger partial charge in [-0.1, -0.05) is 30.3 Å². The lowest BCUT2D eigenvalue weighted by molar-refractivity contribution is -0.151. The van der Waals surface area contributed by atoms with E-state index in [-0.39, 0.29) is 30.2 Å². The highest BCUT2D eigenvalue weighted by molar-refractivity contribution is 5.85. The maximum absolute atomic E-state index is 12.4. The van der Waals surface area contributed by atoms with Gasteiger partial charge in [-0.05, 0) is 31.7 Å². The molecule has 1 aromatic rings. The molecule has 0 saturated carbocycles. The second kappa shape index (κ2) is 9.53. The highest BCUT2D eigenvalue weighted by atomic mass is 35.5. The van der Waals surface area contributed by atoms with Crippen molar-refractivity contribution in [2.24, 2.45) is 11.7 Å². The molecule has 1 aliphatic heterocycles. The van der Waals surface area contributed by atoms with E-state index in [1.807, 2.05) is 30.3 Å². The number of hydrogen-bond donors (Lipinski definition) is 1. The first-order chi connectivity index (χ1) is 10.6. The van der Waals surface area contributed by atoms with Crippen molar-refractivity contribution in [3.05, 3.63) is 35.9 Å². The highest BCUT2D eigenvalue weighted by Crippen LogP contribution is 2.19. The first-order valence-corrected chi connectivity index (χ1v) is 7.86. The average molecular weight is 341 g/mol. The first kappa shape index (κ1) is 19.5. The molecule has 0 aromatic heterocycles. The Morgan fingerprint density at radius 1 is 1.26 bits per heavy atom. The minimum absolute atomic E-state index is 0. The quantitative estimate of drug-likeness (QED) is 0.829. The fraction of sp³-hybridized carbons (Fsp3) is 0.529. The average Bonchev–Trinajstić information content (AvgIpc) is 2.55. The van der Waals surface area contributed by atoms with Crippen LogP contribution in [0.1, 0.15) is 25.3 Å². The smallest absolute Gasteiger partial charge is 0.309 e. The third-order valence-corrected chi connectivity index (χ3v) is 4.04. The molecule has 0 spiro atoms. The van der Waals surface area contributed by atoms with Gasteiger partial charge in [0.15, 0.2) is 0 Å². The summed E-state index contributed by atoms with van der Waals surface area (Å²) in [7, 11) is 0. The Balaban J connectivity index is 0.00000264. The van der Waals surface area contributed by atoms with Crippen LogP contribution < -0.4 is 5.73 Å². The summed E-state index contributed by atoms with van der Waals surface area (Å²) < 4.78 is 5.04. The Bertz CT molecular complexity index is 502. The summed E-state index contributed by atoms with van der Waals surface area (Å²) in [5.41, 5.74) is 7.10. The number of likely N-dealkylation sites (tertiary alicyclic amines) is 1. The molecule has 1 aromatic carbocycles. The Hall–Kier alpha value is -1.59. The monoisotopic (exact) mass is 340 g/mol. The number of piperidine rings is 1. The van der Waals surface area contributed by atoms with E-state index in [1.165, 1.54) is 0 Å². The van der Waals surface area contributed by atoms with Gasteiger partial charge in [-0.3, -0.25) is 9.59 Å². The van der Waals surface area contributed by atoms with Crippen LogP contribution in [-0.4, -0.2) is 42.5 Å². The molecule has 0 unspecified atom stereocenters. The molecule has 1 aliphatic rings. The largest absolute Gasteiger partial charge is 0.466 e. The number of halogens is 1. The van der Waals surface area contributed by atoms with Crippen LogP contribution in [0.3, 0.4) is 0 Å². The lowest BCUT2D eigenvalue weighted by Crippen LogP contribution is -2.48. The van der Waals surface area contributed by atoms with Gasteiger partial charge < -0.3 is 15.4 Å². The summed E-state index contributed by atoms with van der Waals surface area (Å²) in [4.78, 5) is 25.9. The summed E-state index contributed by atoms with van der Waals surface area (Å²) >= 11 is 0. The number of nitrogens with two attached hydrogens (primary N) is 1. The van der Waals surface area contributed by atoms with E-state index in [4.69, 9.17) is 10.5 Å². The zero-order valence-corrected chi connectivity index (χ0v) is 14.3. The maximum atomic E-state index is 12.4. The molecule has 0 aliphatic carbocycles. The minimum atomic E-state index is -0.526. The third kappa shape index (κ3) is 5.52. The molecule has 2 rings (SSSR count). The van der Waals surface area contributed by atoms with Gasteiger partial charge in [-0.25, -0.2) is 0 Å². The first-order valence-electron chi connectivity index (χ1n) is 7.86. The summed E-state index contributed by atoms with van der Waals surface area (Å²) in [6.07, 6.45) is 1.85. The number of carbonyl (C=O) groups is 2. The van der Waals surface area contributed by atoms with Gasteiger partial charge in [-0.2, -0.15) is 0 Å². The van der Waals surface area contributed by atoms with Crippen molar-refractivity contribution in [2.45, 2.75) is 32.2 Å². The van der Waals surface area contributed by atoms with Crippen molar-refractivity contribution in [1.29, 1.82) is 0 Å². The summed E-state index contributed by atoms with van der Waals surface area (Å²) in [5, 5.41) is 0. The van der Waals surface area contributed by atoms with E-state index >= 15 is 0 Å². The molecule has 1 heterocycles. The SMILES string of the molecule is CCOC(=O)C1CCN(C(=O)[C@@H](N)Cc2ccccc2)CC1.Cl. The standard InChI is InChI=1S/C17H24N2O3.ClH/c1-2-22-17(21)14-8-10-19(11-9-14)16(20)15(18)12-13-6-4-3-5-7-13;/h3-7,14-15H,2,8-12,18H2,1H3;1H/t15-;/m0./s1. The highest BCUT2D eigenvalue weighted by Gasteiger charge is 2.30. The minimum Gasteiger partial charge on any atom is -0.466 e. The van der Waals surface area contributed by atoms with Crippen LogP contribution in [-0.2, 0) is 20.7 Å². The zero-order valence-electron chi connectivity index (χ0n) is 13.4. The van der Waals surface area contributed by atoms with Crippen LogP contribution in [0.15, 0.2) is 30.3 Å². The van der Waals surface area contributed by atoms with Gasteiger partial charge in [0.1, 0.15) is 0 Å². The number of rotatable bonds is 5.